The van der Waals surface area contributed by atoms with E-state index >= 15 is 0 Å². The third-order valence-corrected chi connectivity index (χ3v) is 5.07. The van der Waals surface area contributed by atoms with Gasteiger partial charge in [0.2, 0.25) is 0 Å². The Morgan fingerprint density at radius 2 is 1.75 bits per heavy atom. The zero-order valence-corrected chi connectivity index (χ0v) is 13.5. The lowest BCUT2D eigenvalue weighted by Gasteiger charge is -2.31. The Bertz CT molecular complexity index is 596. The second-order valence-corrected chi connectivity index (χ2v) is 5.70. The summed E-state index contributed by atoms with van der Waals surface area (Å²) in [6.07, 6.45) is 1.82. The van der Waals surface area contributed by atoms with E-state index in [4.69, 9.17) is 0 Å². The van der Waals surface area contributed by atoms with Gasteiger partial charge in [-0.25, -0.2) is 0 Å². The number of carbonyl (C=O) groups is 1. The molecule has 2 rings (SSSR count). The van der Waals surface area contributed by atoms with Crippen molar-refractivity contribution >= 4 is 32.6 Å². The summed E-state index contributed by atoms with van der Waals surface area (Å²) in [5.41, 5.74) is 0.554. The number of alkyl halides is 1. The summed E-state index contributed by atoms with van der Waals surface area (Å²) in [5.74, 6) is -0.00102. The van der Waals surface area contributed by atoms with E-state index in [1.165, 1.54) is 0 Å². The molecular weight excluding hydrogens is 314 g/mol. The number of hydrogen-bond donors (Lipinski definition) is 1. The summed E-state index contributed by atoms with van der Waals surface area (Å²) in [7, 11) is 0. The molecule has 0 unspecified atom stereocenters. The summed E-state index contributed by atoms with van der Waals surface area (Å²) in [6, 6.07) is 13.9. The average Bonchev–Trinajstić information content (AvgIpc) is 2.52. The summed E-state index contributed by atoms with van der Waals surface area (Å²) in [4.78, 5) is 12.4. The Morgan fingerprint density at radius 3 is 2.35 bits per heavy atom. The Kier molecular flexibility index (Phi) is 4.81. The number of halogens is 1. The quantitative estimate of drug-likeness (QED) is 0.800. The fourth-order valence-electron chi connectivity index (χ4n) is 2.29. The van der Waals surface area contributed by atoms with Crippen molar-refractivity contribution in [2.45, 2.75) is 32.2 Å². The Hall–Kier alpha value is -1.35. The first-order valence-corrected chi connectivity index (χ1v) is 8.13. The number of carbonyl (C=O) groups excluding carboxylic acids is 1. The number of hydrogen-bond acceptors (Lipinski definition) is 1. The van der Waals surface area contributed by atoms with Crippen molar-refractivity contribution in [3.8, 4) is 0 Å². The first kappa shape index (κ1) is 15.0. The predicted octanol–water partition coefficient (Wildman–Crippen LogP) is 4.52. The number of benzene rings is 2. The molecule has 0 heterocycles. The topological polar surface area (TPSA) is 29.1 Å². The van der Waals surface area contributed by atoms with Crippen LogP contribution in [0.15, 0.2) is 42.5 Å². The van der Waals surface area contributed by atoms with Gasteiger partial charge in [-0.15, -0.1) is 0 Å². The predicted molar refractivity (Wildman–Crippen MR) is 88.5 cm³/mol. The third-order valence-electron chi connectivity index (χ3n) is 4.00. The monoisotopic (exact) mass is 333 g/mol. The minimum atomic E-state index is -0.164. The molecule has 106 valence electrons. The smallest absolute Gasteiger partial charge is 0.251 e. The van der Waals surface area contributed by atoms with Gasteiger partial charge in [-0.05, 0) is 35.7 Å². The molecule has 1 amide bonds. The maximum absolute atomic E-state index is 12.4. The molecule has 0 aliphatic rings. The molecule has 0 saturated carbocycles. The molecule has 0 fully saturated rings. The van der Waals surface area contributed by atoms with E-state index in [1.54, 1.807) is 0 Å². The van der Waals surface area contributed by atoms with E-state index in [0.717, 1.165) is 34.5 Å². The Morgan fingerprint density at radius 1 is 1.10 bits per heavy atom. The number of nitrogens with one attached hydrogen (secondary N) is 1. The molecule has 2 aromatic carbocycles. The minimum absolute atomic E-state index is 0.00102. The van der Waals surface area contributed by atoms with Crippen LogP contribution in [-0.2, 0) is 0 Å². The van der Waals surface area contributed by atoms with Crippen LogP contribution in [0.2, 0.25) is 0 Å². The van der Waals surface area contributed by atoms with Gasteiger partial charge in [0.15, 0.2) is 0 Å². The van der Waals surface area contributed by atoms with E-state index in [-0.39, 0.29) is 11.4 Å². The summed E-state index contributed by atoms with van der Waals surface area (Å²) in [6.45, 7) is 4.21. The highest BCUT2D eigenvalue weighted by Gasteiger charge is 2.27. The van der Waals surface area contributed by atoms with Crippen molar-refractivity contribution in [2.24, 2.45) is 0 Å². The first-order chi connectivity index (χ1) is 9.64. The highest BCUT2D eigenvalue weighted by molar-refractivity contribution is 9.09. The van der Waals surface area contributed by atoms with E-state index in [0.29, 0.717) is 0 Å². The molecule has 2 nitrogen and oxygen atoms in total. The lowest BCUT2D eigenvalue weighted by molar-refractivity contribution is 0.0904. The van der Waals surface area contributed by atoms with E-state index in [1.807, 2.05) is 36.4 Å². The standard InChI is InChI=1S/C17H20BrNO/c1-3-17(4-2,12-18)19-16(20)15-10-9-13-7-5-6-8-14(13)11-15/h5-11H,3-4,12H2,1-2H3,(H,19,20). The number of amides is 1. The van der Waals surface area contributed by atoms with Crippen LogP contribution in [0.5, 0.6) is 0 Å². The molecule has 0 aromatic heterocycles. The van der Waals surface area contributed by atoms with Crippen LogP contribution in [0.1, 0.15) is 37.0 Å². The molecule has 0 radical (unpaired) electrons. The van der Waals surface area contributed by atoms with Crippen LogP contribution in [0.3, 0.4) is 0 Å². The van der Waals surface area contributed by atoms with Gasteiger partial charge in [-0.3, -0.25) is 4.79 Å². The highest BCUT2D eigenvalue weighted by atomic mass is 79.9. The van der Waals surface area contributed by atoms with Crippen molar-refractivity contribution < 1.29 is 4.79 Å². The van der Waals surface area contributed by atoms with Crippen LogP contribution in [0.25, 0.3) is 10.8 Å². The largest absolute Gasteiger partial charge is 0.346 e. The van der Waals surface area contributed by atoms with Crippen molar-refractivity contribution in [2.75, 3.05) is 5.33 Å². The van der Waals surface area contributed by atoms with Crippen LogP contribution < -0.4 is 5.32 Å². The number of rotatable bonds is 5. The second kappa shape index (κ2) is 6.40. The molecule has 3 heteroatoms. The van der Waals surface area contributed by atoms with Crippen molar-refractivity contribution in [1.29, 1.82) is 0 Å². The maximum Gasteiger partial charge on any atom is 0.251 e. The fraction of sp³-hybridized carbons (Fsp3) is 0.353. The molecule has 0 saturated heterocycles. The second-order valence-electron chi connectivity index (χ2n) is 5.14. The third kappa shape index (κ3) is 3.04. The lowest BCUT2D eigenvalue weighted by atomic mass is 9.94. The van der Waals surface area contributed by atoms with Crippen molar-refractivity contribution in [3.05, 3.63) is 48.0 Å². The zero-order valence-electron chi connectivity index (χ0n) is 11.9. The molecule has 20 heavy (non-hydrogen) atoms. The Balaban J connectivity index is 2.27. The lowest BCUT2D eigenvalue weighted by Crippen LogP contribution is -2.49. The summed E-state index contributed by atoms with van der Waals surface area (Å²) >= 11 is 3.52. The van der Waals surface area contributed by atoms with Gasteiger partial charge >= 0.3 is 0 Å². The molecule has 1 N–H and O–H groups in total. The molecule has 2 aromatic rings. The molecule has 0 bridgehead atoms. The van der Waals surface area contributed by atoms with E-state index < -0.39 is 0 Å². The minimum Gasteiger partial charge on any atom is -0.346 e. The molecule has 0 aliphatic carbocycles. The molecule has 0 spiro atoms. The molecule has 0 aliphatic heterocycles. The van der Waals surface area contributed by atoms with Gasteiger partial charge in [0.05, 0.1) is 0 Å². The van der Waals surface area contributed by atoms with Gasteiger partial charge in [0, 0.05) is 16.4 Å². The normalized spacial score (nSPS) is 11.6. The van der Waals surface area contributed by atoms with Gasteiger partial charge in [0.25, 0.3) is 5.91 Å². The maximum atomic E-state index is 12.4. The summed E-state index contributed by atoms with van der Waals surface area (Å²) in [5, 5.41) is 6.19. The van der Waals surface area contributed by atoms with Crippen LogP contribution in [0, 0.1) is 0 Å². The van der Waals surface area contributed by atoms with Gasteiger partial charge < -0.3 is 5.32 Å². The zero-order chi connectivity index (χ0) is 14.6. The average molecular weight is 334 g/mol. The summed E-state index contributed by atoms with van der Waals surface area (Å²) < 4.78 is 0. The van der Waals surface area contributed by atoms with E-state index in [2.05, 4.69) is 41.2 Å². The van der Waals surface area contributed by atoms with E-state index in [9.17, 15) is 4.79 Å². The SMILES string of the molecule is CCC(CC)(CBr)NC(=O)c1ccc2ccccc2c1. The molecule has 0 atom stereocenters. The van der Waals surface area contributed by atoms with Crippen LogP contribution >= 0.6 is 15.9 Å². The van der Waals surface area contributed by atoms with Crippen LogP contribution in [0.4, 0.5) is 0 Å². The first-order valence-electron chi connectivity index (χ1n) is 7.01. The van der Waals surface area contributed by atoms with Gasteiger partial charge in [-0.1, -0.05) is 60.1 Å². The van der Waals surface area contributed by atoms with Crippen LogP contribution in [-0.4, -0.2) is 16.8 Å². The van der Waals surface area contributed by atoms with Crippen molar-refractivity contribution in [3.63, 3.8) is 0 Å². The van der Waals surface area contributed by atoms with Crippen molar-refractivity contribution in [1.82, 2.24) is 5.32 Å². The van der Waals surface area contributed by atoms with Gasteiger partial charge in [0.1, 0.15) is 0 Å². The Labute approximate surface area is 128 Å². The fourth-order valence-corrected chi connectivity index (χ4v) is 3.23. The number of fused-ring (bicyclic) bond motifs is 1. The van der Waals surface area contributed by atoms with Gasteiger partial charge in [-0.2, -0.15) is 0 Å². The molecular formula is C17H20BrNO. The highest BCUT2D eigenvalue weighted by Crippen LogP contribution is 2.20.